The molecule has 1 nitrogen and oxygen atoms in total. The molecule has 0 amide bonds. The Balaban J connectivity index is 2.14. The molecule has 3 heteroatoms. The molecule has 3 atom stereocenters. The van der Waals surface area contributed by atoms with Crippen LogP contribution in [-0.2, 0) is 4.74 Å². The summed E-state index contributed by atoms with van der Waals surface area (Å²) in [6, 6.07) is 0.513. The maximum Gasteiger partial charge on any atom is 0.140 e. The molecule has 0 aromatic carbocycles. The van der Waals surface area contributed by atoms with Crippen molar-refractivity contribution in [3.05, 3.63) is 0 Å². The zero-order valence-electron chi connectivity index (χ0n) is 6.59. The Morgan fingerprint density at radius 1 is 1.80 bits per heavy atom. The Kier molecular flexibility index (Phi) is 1.54. The zero-order valence-corrected chi connectivity index (χ0v) is 7.41. The summed E-state index contributed by atoms with van der Waals surface area (Å²) >= 11 is 2.10. The molecule has 2 aliphatic rings. The average Bonchev–Trinajstić information content (AvgIpc) is 2.45. The molecule has 2 rings (SSSR count). The predicted molar refractivity (Wildman–Crippen MR) is 47.3 cm³/mol. The van der Waals surface area contributed by atoms with E-state index in [4.69, 9.17) is 4.74 Å². The van der Waals surface area contributed by atoms with Crippen LogP contribution in [0.1, 0.15) is 19.8 Å². The number of hydrogen-bond acceptors (Lipinski definition) is 2. The van der Waals surface area contributed by atoms with E-state index in [0.29, 0.717) is 6.00 Å². The Hall–Kier alpha value is 0.375. The van der Waals surface area contributed by atoms with Crippen LogP contribution in [0.5, 0.6) is 0 Å². The second-order valence-electron chi connectivity index (χ2n) is 3.41. The van der Waals surface area contributed by atoms with Crippen molar-refractivity contribution in [3.8, 4) is 0 Å². The predicted octanol–water partition coefficient (Wildman–Crippen LogP) is 0.630. The molecule has 0 aromatic rings. The normalized spacial score (nSPS) is 52.1. The fourth-order valence-corrected chi connectivity index (χ4v) is 3.58. The highest BCUT2D eigenvalue weighted by Crippen LogP contribution is 2.47. The molecule has 2 saturated heterocycles. The van der Waals surface area contributed by atoms with Gasteiger partial charge in [0.15, 0.2) is 0 Å². The molecule has 10 heavy (non-hydrogen) atoms. The van der Waals surface area contributed by atoms with Crippen LogP contribution in [0.3, 0.4) is 0 Å². The molecular weight excluding hydrogens is 143 g/mol. The number of ether oxygens (including phenoxy) is 1. The van der Waals surface area contributed by atoms with Crippen LogP contribution < -0.4 is 0 Å². The van der Waals surface area contributed by atoms with Gasteiger partial charge in [-0.3, -0.25) is 0 Å². The second kappa shape index (κ2) is 2.18. The van der Waals surface area contributed by atoms with Crippen molar-refractivity contribution >= 4 is 19.6 Å². The van der Waals surface area contributed by atoms with Crippen LogP contribution in [0.2, 0.25) is 0 Å². The summed E-state index contributed by atoms with van der Waals surface area (Å²) in [6.45, 7) is 2.24. The quantitative estimate of drug-likeness (QED) is 0.515. The van der Waals surface area contributed by atoms with E-state index >= 15 is 0 Å². The summed E-state index contributed by atoms with van der Waals surface area (Å²) in [5, 5.41) is 0.806. The first-order valence-corrected chi connectivity index (χ1v) is 5.10. The summed E-state index contributed by atoms with van der Waals surface area (Å²) in [5.74, 6) is 1.23. The molecule has 0 N–H and O–H groups in total. The molecule has 56 valence electrons. The Labute approximate surface area is 67.3 Å². The summed E-state index contributed by atoms with van der Waals surface area (Å²) in [6.07, 6.45) is 2.50. The van der Waals surface area contributed by atoms with Gasteiger partial charge in [-0.1, -0.05) is 6.92 Å². The standard InChI is InChI=1S/C7H13BOS/c1-2-7-3-5(10-4-7)6(8)9-7/h5-6H,2-4,8H2,1H3. The van der Waals surface area contributed by atoms with Gasteiger partial charge in [0, 0.05) is 17.0 Å². The SMILES string of the molecule is BC1OC2(CC)CSC1C2. The maximum absolute atomic E-state index is 5.88. The molecule has 0 spiro atoms. The highest BCUT2D eigenvalue weighted by molar-refractivity contribution is 8.00. The molecule has 0 saturated carbocycles. The fraction of sp³-hybridized carbons (Fsp3) is 1.00. The van der Waals surface area contributed by atoms with Gasteiger partial charge in [-0.15, -0.1) is 0 Å². The minimum absolute atomic E-state index is 0.286. The maximum atomic E-state index is 5.88. The van der Waals surface area contributed by atoms with E-state index in [1.54, 1.807) is 0 Å². The monoisotopic (exact) mass is 156 g/mol. The summed E-state index contributed by atoms with van der Waals surface area (Å²) in [4.78, 5) is 0. The van der Waals surface area contributed by atoms with Crippen LogP contribution in [0.25, 0.3) is 0 Å². The van der Waals surface area contributed by atoms with E-state index in [0.717, 1.165) is 5.25 Å². The van der Waals surface area contributed by atoms with E-state index < -0.39 is 0 Å². The van der Waals surface area contributed by atoms with Crippen LogP contribution in [-0.4, -0.2) is 30.5 Å². The molecule has 3 unspecified atom stereocenters. The van der Waals surface area contributed by atoms with Crippen LogP contribution in [0.4, 0.5) is 0 Å². The van der Waals surface area contributed by atoms with Crippen molar-refractivity contribution in [1.29, 1.82) is 0 Å². The third-order valence-electron chi connectivity index (χ3n) is 2.74. The number of hydrogen-bond donors (Lipinski definition) is 0. The largest absolute Gasteiger partial charge is 0.379 e. The lowest BCUT2D eigenvalue weighted by Gasteiger charge is -2.27. The lowest BCUT2D eigenvalue weighted by molar-refractivity contribution is 0.00216. The van der Waals surface area contributed by atoms with Gasteiger partial charge in [-0.25, -0.2) is 0 Å². The average molecular weight is 156 g/mol. The molecule has 2 aliphatic heterocycles. The van der Waals surface area contributed by atoms with Crippen molar-refractivity contribution in [1.82, 2.24) is 0 Å². The van der Waals surface area contributed by atoms with Crippen LogP contribution in [0, 0.1) is 0 Å². The first-order valence-electron chi connectivity index (χ1n) is 4.05. The van der Waals surface area contributed by atoms with Gasteiger partial charge in [0.1, 0.15) is 7.85 Å². The first-order chi connectivity index (χ1) is 4.76. The number of thioether (sulfide) groups is 1. The minimum atomic E-state index is 0.286. The Bertz CT molecular complexity index is 149. The van der Waals surface area contributed by atoms with Gasteiger partial charge >= 0.3 is 0 Å². The molecule has 2 fully saturated rings. The first kappa shape index (κ1) is 7.05. The lowest BCUT2D eigenvalue weighted by Crippen LogP contribution is -2.32. The van der Waals surface area contributed by atoms with Crippen molar-refractivity contribution in [2.24, 2.45) is 0 Å². The third kappa shape index (κ3) is 0.834. The molecular formula is C7H13BOS. The molecule has 2 bridgehead atoms. The van der Waals surface area contributed by atoms with E-state index in [1.807, 2.05) is 0 Å². The van der Waals surface area contributed by atoms with E-state index in [-0.39, 0.29) is 5.60 Å². The molecule has 0 aromatic heterocycles. The van der Waals surface area contributed by atoms with E-state index in [1.165, 1.54) is 18.6 Å². The summed E-state index contributed by atoms with van der Waals surface area (Å²) < 4.78 is 5.88. The summed E-state index contributed by atoms with van der Waals surface area (Å²) in [7, 11) is 2.20. The van der Waals surface area contributed by atoms with Crippen LogP contribution >= 0.6 is 11.8 Å². The third-order valence-corrected chi connectivity index (χ3v) is 4.41. The molecule has 0 radical (unpaired) electrons. The van der Waals surface area contributed by atoms with Crippen molar-refractivity contribution in [2.45, 2.75) is 36.6 Å². The lowest BCUT2D eigenvalue weighted by atomic mass is 9.94. The van der Waals surface area contributed by atoms with Crippen LogP contribution in [0.15, 0.2) is 0 Å². The molecule has 0 aliphatic carbocycles. The van der Waals surface area contributed by atoms with Crippen molar-refractivity contribution in [3.63, 3.8) is 0 Å². The Morgan fingerprint density at radius 2 is 2.60 bits per heavy atom. The van der Waals surface area contributed by atoms with Gasteiger partial charge in [-0.2, -0.15) is 11.8 Å². The fourth-order valence-electron chi connectivity index (χ4n) is 1.93. The topological polar surface area (TPSA) is 9.23 Å². The highest BCUT2D eigenvalue weighted by Gasteiger charge is 2.49. The van der Waals surface area contributed by atoms with Crippen molar-refractivity contribution < 1.29 is 4.74 Å². The number of rotatable bonds is 1. The summed E-state index contributed by atoms with van der Waals surface area (Å²) in [5.41, 5.74) is 0.286. The van der Waals surface area contributed by atoms with Gasteiger partial charge in [0.25, 0.3) is 0 Å². The molecule has 2 heterocycles. The van der Waals surface area contributed by atoms with Gasteiger partial charge in [0.2, 0.25) is 0 Å². The Morgan fingerprint density at radius 3 is 2.90 bits per heavy atom. The van der Waals surface area contributed by atoms with Gasteiger partial charge < -0.3 is 4.74 Å². The van der Waals surface area contributed by atoms with E-state index in [9.17, 15) is 0 Å². The van der Waals surface area contributed by atoms with E-state index in [2.05, 4.69) is 26.5 Å². The van der Waals surface area contributed by atoms with Crippen molar-refractivity contribution in [2.75, 3.05) is 5.75 Å². The van der Waals surface area contributed by atoms with Gasteiger partial charge in [-0.05, 0) is 12.8 Å². The highest BCUT2D eigenvalue weighted by atomic mass is 32.2. The smallest absolute Gasteiger partial charge is 0.140 e. The second-order valence-corrected chi connectivity index (χ2v) is 4.64. The number of fused-ring (bicyclic) bond motifs is 2. The zero-order chi connectivity index (χ0) is 7.19. The minimum Gasteiger partial charge on any atom is -0.379 e. The van der Waals surface area contributed by atoms with Gasteiger partial charge in [0.05, 0.1) is 5.60 Å².